The fourth-order valence-electron chi connectivity index (χ4n) is 6.28. The van der Waals surface area contributed by atoms with Crippen molar-refractivity contribution in [1.82, 2.24) is 10.2 Å². The fourth-order valence-corrected chi connectivity index (χ4v) is 10.7. The van der Waals surface area contributed by atoms with Gasteiger partial charge in [0.1, 0.15) is 29.5 Å². The molecule has 5 atom stereocenters. The summed E-state index contributed by atoms with van der Waals surface area (Å²) in [6, 6.07) is 22.3. The predicted molar refractivity (Wildman–Crippen MR) is 154 cm³/mol. The number of ether oxygens (including phenoxy) is 2. The predicted octanol–water partition coefficient (Wildman–Crippen LogP) is 2.96. The van der Waals surface area contributed by atoms with Crippen molar-refractivity contribution < 1.29 is 32.3 Å². The fraction of sp³-hybridized carbons (Fsp3) is 0.258. The average molecular weight is 603 g/mol. The van der Waals surface area contributed by atoms with E-state index in [1.807, 2.05) is 42.5 Å². The van der Waals surface area contributed by atoms with E-state index in [9.17, 15) is 22.8 Å². The van der Waals surface area contributed by atoms with Gasteiger partial charge in [-0.3, -0.25) is 14.5 Å². The molecule has 9 nitrogen and oxygen atoms in total. The molecule has 42 heavy (non-hydrogen) atoms. The van der Waals surface area contributed by atoms with Crippen LogP contribution < -0.4 is 10.1 Å². The van der Waals surface area contributed by atoms with Gasteiger partial charge in [-0.25, -0.2) is 13.2 Å². The maximum Gasteiger partial charge on any atom is 0.355 e. The highest BCUT2D eigenvalue weighted by atomic mass is 32.2. The SMILES string of the molecule is COc1ccc(COC(=O)C2=C3[C@@H](S[C@@H]4[C@H](NC(=O)Cc5ccccc5)C(=O)N24)[C@@H]2c4ccccc4S(=O)(=O)[C@H]32)cc1. The summed E-state index contributed by atoms with van der Waals surface area (Å²) >= 11 is 1.42. The van der Waals surface area contributed by atoms with Crippen LogP contribution in [0, 0.1) is 0 Å². The van der Waals surface area contributed by atoms with E-state index in [0.717, 1.165) is 11.1 Å². The lowest BCUT2D eigenvalue weighted by molar-refractivity contribution is -0.153. The molecule has 7 rings (SSSR count). The number of carbonyl (C=O) groups excluding carboxylic acids is 3. The van der Waals surface area contributed by atoms with Crippen LogP contribution in [0.1, 0.15) is 22.6 Å². The number of hydrogen-bond donors (Lipinski definition) is 1. The van der Waals surface area contributed by atoms with Gasteiger partial charge < -0.3 is 14.8 Å². The first-order valence-electron chi connectivity index (χ1n) is 13.5. The lowest BCUT2D eigenvalue weighted by Crippen LogP contribution is -2.73. The third kappa shape index (κ3) is 4.05. The van der Waals surface area contributed by atoms with Gasteiger partial charge in [-0.1, -0.05) is 60.7 Å². The molecular formula is C31H26N2O7S2. The highest BCUT2D eigenvalue weighted by Crippen LogP contribution is 2.64. The van der Waals surface area contributed by atoms with E-state index in [0.29, 0.717) is 16.9 Å². The molecule has 0 aromatic heterocycles. The van der Waals surface area contributed by atoms with Crippen LogP contribution in [0.15, 0.2) is 95.0 Å². The molecule has 0 spiro atoms. The summed E-state index contributed by atoms with van der Waals surface area (Å²) in [5.74, 6) is -1.23. The van der Waals surface area contributed by atoms with E-state index in [1.165, 1.54) is 16.7 Å². The number of rotatable bonds is 7. The molecule has 3 aromatic rings. The zero-order chi connectivity index (χ0) is 29.2. The molecule has 2 fully saturated rings. The number of β-lactam (4-membered cyclic amide) rings is 1. The molecule has 2 amide bonds. The van der Waals surface area contributed by atoms with Gasteiger partial charge in [0.05, 0.1) is 23.7 Å². The number of fused-ring (bicyclic) bond motifs is 7. The quantitative estimate of drug-likeness (QED) is 0.324. The second-order valence-electron chi connectivity index (χ2n) is 10.6. The summed E-state index contributed by atoms with van der Waals surface area (Å²) in [6.45, 7) is -0.0670. The van der Waals surface area contributed by atoms with Gasteiger partial charge in [-0.15, -0.1) is 11.8 Å². The summed E-state index contributed by atoms with van der Waals surface area (Å²) in [5, 5.41) is 0.996. The first kappa shape index (κ1) is 26.8. The Morgan fingerprint density at radius 1 is 0.952 bits per heavy atom. The molecule has 1 N–H and O–H groups in total. The summed E-state index contributed by atoms with van der Waals surface area (Å²) in [6.07, 6.45) is 0.111. The Hall–Kier alpha value is -4.09. The molecule has 3 aliphatic heterocycles. The molecule has 1 aliphatic carbocycles. The minimum atomic E-state index is -3.76. The Morgan fingerprint density at radius 3 is 2.40 bits per heavy atom. The van der Waals surface area contributed by atoms with Gasteiger partial charge in [-0.05, 0) is 40.5 Å². The number of esters is 1. The monoisotopic (exact) mass is 602 g/mol. The zero-order valence-electron chi connectivity index (χ0n) is 22.4. The van der Waals surface area contributed by atoms with Crippen LogP contribution in [0.3, 0.4) is 0 Å². The third-order valence-electron chi connectivity index (χ3n) is 8.27. The van der Waals surface area contributed by atoms with Gasteiger partial charge in [0.25, 0.3) is 5.91 Å². The molecular weight excluding hydrogens is 576 g/mol. The molecule has 0 unspecified atom stereocenters. The maximum absolute atomic E-state index is 13.7. The van der Waals surface area contributed by atoms with Crippen molar-refractivity contribution in [3.05, 3.63) is 107 Å². The number of nitrogens with one attached hydrogen (secondary N) is 1. The van der Waals surface area contributed by atoms with Gasteiger partial charge in [0.2, 0.25) is 5.91 Å². The largest absolute Gasteiger partial charge is 0.497 e. The Balaban J connectivity index is 1.20. The Labute approximate surface area is 246 Å². The van der Waals surface area contributed by atoms with Crippen molar-refractivity contribution in [3.8, 4) is 5.75 Å². The van der Waals surface area contributed by atoms with E-state index in [4.69, 9.17) is 9.47 Å². The van der Waals surface area contributed by atoms with Crippen LogP contribution in [0.5, 0.6) is 5.75 Å². The molecule has 214 valence electrons. The normalized spacial score (nSPS) is 26.1. The van der Waals surface area contributed by atoms with Crippen LogP contribution in [0.25, 0.3) is 0 Å². The van der Waals surface area contributed by atoms with Crippen LogP contribution >= 0.6 is 11.8 Å². The van der Waals surface area contributed by atoms with Crippen LogP contribution in [-0.2, 0) is 42.0 Å². The van der Waals surface area contributed by atoms with Crippen molar-refractivity contribution in [2.45, 2.75) is 45.8 Å². The highest BCUT2D eigenvalue weighted by molar-refractivity contribution is 8.01. The average Bonchev–Trinajstić information content (AvgIpc) is 3.19. The van der Waals surface area contributed by atoms with Gasteiger partial charge >= 0.3 is 5.97 Å². The first-order valence-corrected chi connectivity index (χ1v) is 16.0. The second kappa shape index (κ2) is 10.0. The lowest BCUT2D eigenvalue weighted by atomic mass is 9.73. The van der Waals surface area contributed by atoms with Gasteiger partial charge in [0.15, 0.2) is 9.84 Å². The van der Waals surface area contributed by atoms with Gasteiger partial charge in [0, 0.05) is 11.2 Å². The standard InChI is InChI=1S/C31H26N2O7S2/c1-39-19-13-11-18(12-14-19)16-40-31(36)26-24-27(23-20-9-5-6-10-21(20)42(37,38)28(23)24)41-30-25(29(35)33(26)30)32-22(34)15-17-7-3-2-4-8-17/h2-14,23,25,27-28,30H,15-16H2,1H3,(H,32,34)/t23-,25+,27-,28-,30+/m0/s1. The Kier molecular flexibility index (Phi) is 6.39. The minimum absolute atomic E-state index is 0.0200. The van der Waals surface area contributed by atoms with E-state index in [1.54, 1.807) is 43.5 Å². The molecule has 1 saturated heterocycles. The number of sulfone groups is 1. The molecule has 3 heterocycles. The van der Waals surface area contributed by atoms with Crippen LogP contribution in [-0.4, -0.2) is 60.1 Å². The minimum Gasteiger partial charge on any atom is -0.497 e. The molecule has 4 aliphatic rings. The molecule has 1 saturated carbocycles. The smallest absolute Gasteiger partial charge is 0.355 e. The van der Waals surface area contributed by atoms with Crippen molar-refractivity contribution in [1.29, 1.82) is 0 Å². The van der Waals surface area contributed by atoms with Crippen molar-refractivity contribution in [2.24, 2.45) is 0 Å². The molecule has 0 bridgehead atoms. The topological polar surface area (TPSA) is 119 Å². The highest BCUT2D eigenvalue weighted by Gasteiger charge is 2.68. The number of thioether (sulfide) groups is 1. The molecule has 3 aromatic carbocycles. The molecule has 11 heteroatoms. The molecule has 0 radical (unpaired) electrons. The zero-order valence-corrected chi connectivity index (χ0v) is 24.1. The number of carbonyl (C=O) groups is 3. The Morgan fingerprint density at radius 2 is 1.67 bits per heavy atom. The van der Waals surface area contributed by atoms with Crippen LogP contribution in [0.2, 0.25) is 0 Å². The van der Waals surface area contributed by atoms with E-state index < -0.39 is 38.4 Å². The lowest BCUT2D eigenvalue weighted by Gasteiger charge is -2.57. The first-order chi connectivity index (χ1) is 20.3. The van der Waals surface area contributed by atoms with Crippen molar-refractivity contribution in [2.75, 3.05) is 7.11 Å². The number of nitrogens with zero attached hydrogens (tertiary/aromatic N) is 1. The second-order valence-corrected chi connectivity index (χ2v) is 13.9. The van der Waals surface area contributed by atoms with E-state index >= 15 is 0 Å². The summed E-state index contributed by atoms with van der Waals surface area (Å²) in [7, 11) is -2.21. The summed E-state index contributed by atoms with van der Waals surface area (Å²) < 4.78 is 38.1. The van der Waals surface area contributed by atoms with Crippen LogP contribution in [0.4, 0.5) is 0 Å². The maximum atomic E-state index is 13.7. The van der Waals surface area contributed by atoms with Crippen molar-refractivity contribution >= 4 is 39.4 Å². The number of methoxy groups -OCH3 is 1. The Bertz CT molecular complexity index is 1760. The van der Waals surface area contributed by atoms with E-state index in [-0.39, 0.29) is 40.7 Å². The van der Waals surface area contributed by atoms with Crippen molar-refractivity contribution in [3.63, 3.8) is 0 Å². The summed E-state index contributed by atoms with van der Waals surface area (Å²) in [5.41, 5.74) is 2.63. The number of amides is 2. The third-order valence-corrected chi connectivity index (χ3v) is 12.1. The number of hydrogen-bond acceptors (Lipinski definition) is 8. The summed E-state index contributed by atoms with van der Waals surface area (Å²) in [4.78, 5) is 41.6. The number of benzene rings is 3. The van der Waals surface area contributed by atoms with Gasteiger partial charge in [-0.2, -0.15) is 0 Å². The van der Waals surface area contributed by atoms with E-state index in [2.05, 4.69) is 5.32 Å².